The van der Waals surface area contributed by atoms with Crippen molar-refractivity contribution in [2.24, 2.45) is 5.41 Å². The molecule has 2 amide bonds. The molecule has 0 radical (unpaired) electrons. The van der Waals surface area contributed by atoms with Gasteiger partial charge in [0.05, 0.1) is 12.7 Å². The molecule has 132 valence electrons. The highest BCUT2D eigenvalue weighted by molar-refractivity contribution is 6.31. The van der Waals surface area contributed by atoms with E-state index < -0.39 is 5.41 Å². The smallest absolute Gasteiger partial charge is 0.257 e. The summed E-state index contributed by atoms with van der Waals surface area (Å²) < 4.78 is 5.38. The van der Waals surface area contributed by atoms with Crippen LogP contribution in [0.2, 0.25) is 5.02 Å². The van der Waals surface area contributed by atoms with Gasteiger partial charge >= 0.3 is 0 Å². The molecule has 0 spiro atoms. The Labute approximate surface area is 148 Å². The first kappa shape index (κ1) is 18.6. The van der Waals surface area contributed by atoms with Crippen molar-refractivity contribution in [2.45, 2.75) is 27.7 Å². The summed E-state index contributed by atoms with van der Waals surface area (Å²) in [6.07, 6.45) is 0. The average molecular weight is 353 g/mol. The molecule has 0 saturated carbocycles. The van der Waals surface area contributed by atoms with E-state index in [-0.39, 0.29) is 11.8 Å². The zero-order valence-corrected chi connectivity index (χ0v) is 15.7. The minimum absolute atomic E-state index is 0.111. The molecule has 0 aromatic heterocycles. The number of piperazine rings is 1. The van der Waals surface area contributed by atoms with Gasteiger partial charge < -0.3 is 14.5 Å². The number of ether oxygens (including phenoxy) is 1. The fourth-order valence-corrected chi connectivity index (χ4v) is 3.19. The molecular weight excluding hydrogens is 328 g/mol. The molecule has 0 N–H and O–H groups in total. The Bertz CT molecular complexity index is 644. The van der Waals surface area contributed by atoms with Gasteiger partial charge in [-0.05, 0) is 24.6 Å². The molecule has 1 heterocycles. The molecule has 0 bridgehead atoms. The Kier molecular flexibility index (Phi) is 5.43. The molecule has 1 aromatic rings. The first-order chi connectivity index (χ1) is 11.1. The highest BCUT2D eigenvalue weighted by Gasteiger charge is 2.31. The first-order valence-electron chi connectivity index (χ1n) is 8.08. The summed E-state index contributed by atoms with van der Waals surface area (Å²) in [5.41, 5.74) is 0.896. The molecule has 1 aromatic carbocycles. The number of nitrogens with zero attached hydrogens (tertiary/aromatic N) is 2. The number of hydrogen-bond acceptors (Lipinski definition) is 3. The van der Waals surface area contributed by atoms with Crippen LogP contribution in [0.5, 0.6) is 5.75 Å². The molecule has 1 saturated heterocycles. The average Bonchev–Trinajstić information content (AvgIpc) is 2.52. The van der Waals surface area contributed by atoms with Gasteiger partial charge in [-0.15, -0.1) is 0 Å². The quantitative estimate of drug-likeness (QED) is 0.822. The lowest BCUT2D eigenvalue weighted by atomic mass is 9.94. The lowest BCUT2D eigenvalue weighted by Gasteiger charge is -2.37. The zero-order valence-electron chi connectivity index (χ0n) is 15.0. The summed E-state index contributed by atoms with van der Waals surface area (Å²) in [7, 11) is 1.55. The van der Waals surface area contributed by atoms with Crippen LogP contribution in [0.15, 0.2) is 12.1 Å². The van der Waals surface area contributed by atoms with Gasteiger partial charge in [0.1, 0.15) is 5.75 Å². The largest absolute Gasteiger partial charge is 0.496 e. The zero-order chi connectivity index (χ0) is 18.1. The third-order valence-corrected chi connectivity index (χ3v) is 4.39. The monoisotopic (exact) mass is 352 g/mol. The second-order valence-corrected chi connectivity index (χ2v) is 7.57. The van der Waals surface area contributed by atoms with Gasteiger partial charge in [-0.25, -0.2) is 0 Å². The number of carbonyl (C=O) groups excluding carboxylic acids is 2. The van der Waals surface area contributed by atoms with Gasteiger partial charge in [0.15, 0.2) is 0 Å². The van der Waals surface area contributed by atoms with Crippen molar-refractivity contribution in [3.8, 4) is 5.75 Å². The van der Waals surface area contributed by atoms with Crippen molar-refractivity contribution in [1.82, 2.24) is 9.80 Å². The van der Waals surface area contributed by atoms with E-state index in [1.807, 2.05) is 32.6 Å². The van der Waals surface area contributed by atoms with Gasteiger partial charge in [0, 0.05) is 36.6 Å². The summed E-state index contributed by atoms with van der Waals surface area (Å²) >= 11 is 6.10. The van der Waals surface area contributed by atoms with Crippen molar-refractivity contribution in [1.29, 1.82) is 0 Å². The summed E-state index contributed by atoms with van der Waals surface area (Å²) in [5.74, 6) is 0.559. The van der Waals surface area contributed by atoms with Crippen molar-refractivity contribution in [3.05, 3.63) is 28.3 Å². The summed E-state index contributed by atoms with van der Waals surface area (Å²) in [6.45, 7) is 9.70. The maximum absolute atomic E-state index is 12.8. The fraction of sp³-hybridized carbons (Fsp3) is 0.556. The molecule has 1 aliphatic rings. The van der Waals surface area contributed by atoms with Crippen LogP contribution in [0.1, 0.15) is 36.7 Å². The van der Waals surface area contributed by atoms with Gasteiger partial charge in [0.25, 0.3) is 5.91 Å². The van der Waals surface area contributed by atoms with Crippen LogP contribution in [0.4, 0.5) is 0 Å². The van der Waals surface area contributed by atoms with Crippen LogP contribution >= 0.6 is 11.6 Å². The standard InChI is InChI=1S/C18H25ClN2O3/c1-12-10-13(19)11-14(15(12)24-5)16(22)20-6-8-21(9-7-20)17(23)18(2,3)4/h10-11H,6-9H2,1-5H3. The number of rotatable bonds is 2. The molecule has 2 rings (SSSR count). The van der Waals surface area contributed by atoms with Crippen LogP contribution in [-0.4, -0.2) is 54.9 Å². The third-order valence-electron chi connectivity index (χ3n) is 4.17. The lowest BCUT2D eigenvalue weighted by molar-refractivity contribution is -0.140. The number of hydrogen-bond donors (Lipinski definition) is 0. The normalized spacial score (nSPS) is 15.4. The van der Waals surface area contributed by atoms with E-state index in [4.69, 9.17) is 16.3 Å². The second-order valence-electron chi connectivity index (χ2n) is 7.14. The van der Waals surface area contributed by atoms with Gasteiger partial charge in [-0.1, -0.05) is 32.4 Å². The number of aryl methyl sites for hydroxylation is 1. The molecule has 0 unspecified atom stereocenters. The van der Waals surface area contributed by atoms with E-state index >= 15 is 0 Å². The van der Waals surface area contributed by atoms with E-state index in [1.165, 1.54) is 0 Å². The molecule has 1 fully saturated rings. The SMILES string of the molecule is COc1c(C)cc(Cl)cc1C(=O)N1CCN(C(=O)C(C)(C)C)CC1. The first-order valence-corrected chi connectivity index (χ1v) is 8.45. The fourth-order valence-electron chi connectivity index (χ4n) is 2.92. The predicted octanol–water partition coefficient (Wildman–Crippen LogP) is 2.99. The molecule has 5 nitrogen and oxygen atoms in total. The van der Waals surface area contributed by atoms with Gasteiger partial charge in [0.2, 0.25) is 5.91 Å². The number of halogens is 1. The Morgan fingerprint density at radius 1 is 1.08 bits per heavy atom. The van der Waals surface area contributed by atoms with Crippen molar-refractivity contribution >= 4 is 23.4 Å². The van der Waals surface area contributed by atoms with Crippen LogP contribution < -0.4 is 4.74 Å². The third kappa shape index (κ3) is 3.83. The molecule has 1 aliphatic heterocycles. The summed E-state index contributed by atoms with van der Waals surface area (Å²) in [4.78, 5) is 28.8. The number of carbonyl (C=O) groups is 2. The van der Waals surface area contributed by atoms with E-state index in [1.54, 1.807) is 24.1 Å². The Balaban J connectivity index is 2.13. The summed E-state index contributed by atoms with van der Waals surface area (Å²) in [5, 5.41) is 0.512. The molecule has 0 aliphatic carbocycles. The van der Waals surface area contributed by atoms with Crippen molar-refractivity contribution < 1.29 is 14.3 Å². The van der Waals surface area contributed by atoms with Crippen molar-refractivity contribution in [3.63, 3.8) is 0 Å². The van der Waals surface area contributed by atoms with Gasteiger partial charge in [-0.2, -0.15) is 0 Å². The molecular formula is C18H25ClN2O3. The highest BCUT2D eigenvalue weighted by Crippen LogP contribution is 2.29. The van der Waals surface area contributed by atoms with Crippen LogP contribution in [0.3, 0.4) is 0 Å². The van der Waals surface area contributed by atoms with Crippen molar-refractivity contribution in [2.75, 3.05) is 33.3 Å². The molecule has 24 heavy (non-hydrogen) atoms. The van der Waals surface area contributed by atoms with Crippen LogP contribution in [0.25, 0.3) is 0 Å². The molecule has 6 heteroatoms. The Morgan fingerprint density at radius 3 is 2.12 bits per heavy atom. The number of benzene rings is 1. The van der Waals surface area contributed by atoms with Gasteiger partial charge in [-0.3, -0.25) is 9.59 Å². The maximum Gasteiger partial charge on any atom is 0.257 e. The van der Waals surface area contributed by atoms with Crippen LogP contribution in [0, 0.1) is 12.3 Å². The van der Waals surface area contributed by atoms with E-state index in [0.29, 0.717) is 42.5 Å². The number of methoxy groups -OCH3 is 1. The minimum Gasteiger partial charge on any atom is -0.496 e. The highest BCUT2D eigenvalue weighted by atomic mass is 35.5. The topological polar surface area (TPSA) is 49.9 Å². The minimum atomic E-state index is -0.403. The lowest BCUT2D eigenvalue weighted by Crippen LogP contribution is -2.53. The summed E-state index contributed by atoms with van der Waals surface area (Å²) in [6, 6.07) is 3.42. The number of amides is 2. The second kappa shape index (κ2) is 7.01. The van der Waals surface area contributed by atoms with E-state index in [9.17, 15) is 9.59 Å². The van der Waals surface area contributed by atoms with E-state index in [2.05, 4.69) is 0 Å². The maximum atomic E-state index is 12.8. The van der Waals surface area contributed by atoms with Crippen LogP contribution in [-0.2, 0) is 4.79 Å². The Morgan fingerprint density at radius 2 is 1.62 bits per heavy atom. The molecule has 0 atom stereocenters. The predicted molar refractivity (Wildman–Crippen MR) is 94.7 cm³/mol. The Hall–Kier alpha value is -1.75. The van der Waals surface area contributed by atoms with E-state index in [0.717, 1.165) is 5.56 Å².